The first-order valence-electron chi connectivity index (χ1n) is 13.4. The van der Waals surface area contributed by atoms with Gasteiger partial charge in [0.1, 0.15) is 32.1 Å². The van der Waals surface area contributed by atoms with Crippen LogP contribution in [0.25, 0.3) is 5.76 Å². The van der Waals surface area contributed by atoms with Gasteiger partial charge in [-0.3, -0.25) is 14.5 Å². The van der Waals surface area contributed by atoms with Gasteiger partial charge in [-0.15, -0.1) is 9.13 Å². The number of rotatable bonds is 4. The summed E-state index contributed by atoms with van der Waals surface area (Å²) < 4.78 is 8.06. The summed E-state index contributed by atoms with van der Waals surface area (Å²) in [5.41, 5.74) is 3.45. The summed E-state index contributed by atoms with van der Waals surface area (Å²) in [7, 11) is 3.09. The number of nitrogens with zero attached hydrogens (tertiary/aromatic N) is 3. The van der Waals surface area contributed by atoms with Crippen LogP contribution in [0.15, 0.2) is 83.2 Å². The second-order valence-corrected chi connectivity index (χ2v) is 10.5. The van der Waals surface area contributed by atoms with E-state index in [1.165, 1.54) is 23.7 Å². The molecule has 11 nitrogen and oxygen atoms in total. The topological polar surface area (TPSA) is 144 Å². The zero-order valence-electron chi connectivity index (χ0n) is 23.0. The minimum atomic E-state index is -0.798. The smallest absolute Gasteiger partial charge is 0.507 e. The number of aliphatic hydroxyl groups excluding tert-OH is 1. The van der Waals surface area contributed by atoms with Crippen molar-refractivity contribution in [1.29, 1.82) is 0 Å². The summed E-state index contributed by atoms with van der Waals surface area (Å²) in [4.78, 5) is 55.7. The molecule has 3 aliphatic rings. The van der Waals surface area contributed by atoms with Gasteiger partial charge in [0.25, 0.3) is 11.8 Å². The number of allylic oxidation sites excluding steroid dienone is 1. The van der Waals surface area contributed by atoms with Gasteiger partial charge in [-0.1, -0.05) is 42.5 Å². The van der Waals surface area contributed by atoms with E-state index in [0.29, 0.717) is 33.8 Å². The molecule has 3 aromatic carbocycles. The van der Waals surface area contributed by atoms with E-state index in [1.54, 1.807) is 49.5 Å². The van der Waals surface area contributed by atoms with Crippen LogP contribution in [-0.4, -0.2) is 49.7 Å². The number of aromatic nitrogens is 2. The Hall–Kier alpha value is -5.84. The predicted molar refractivity (Wildman–Crippen MR) is 151 cm³/mol. The van der Waals surface area contributed by atoms with Crippen LogP contribution < -0.4 is 19.9 Å². The van der Waals surface area contributed by atoms with Crippen molar-refractivity contribution in [2.24, 2.45) is 14.1 Å². The van der Waals surface area contributed by atoms with Gasteiger partial charge in [0.2, 0.25) is 0 Å². The van der Waals surface area contributed by atoms with Gasteiger partial charge in [-0.05, 0) is 35.9 Å². The summed E-state index contributed by atoms with van der Waals surface area (Å²) in [6.07, 6.45) is 0. The second-order valence-electron chi connectivity index (χ2n) is 10.5. The van der Waals surface area contributed by atoms with E-state index in [-0.39, 0.29) is 28.6 Å². The minimum Gasteiger partial charge on any atom is -0.507 e. The minimum absolute atomic E-state index is 0.0305. The average Bonchev–Trinajstić information content (AvgIpc) is 3.44. The molecule has 0 saturated heterocycles. The summed E-state index contributed by atoms with van der Waals surface area (Å²) in [6, 6.07) is 19.9. The van der Waals surface area contributed by atoms with Crippen LogP contribution in [0.5, 0.6) is 11.8 Å². The maximum atomic E-state index is 13.6. The zero-order valence-corrected chi connectivity index (χ0v) is 23.0. The van der Waals surface area contributed by atoms with Crippen molar-refractivity contribution in [2.45, 2.75) is 5.92 Å². The van der Waals surface area contributed by atoms with Crippen molar-refractivity contribution in [1.82, 2.24) is 9.47 Å². The number of benzene rings is 3. The molecular formula is C32H24N4O7+2. The van der Waals surface area contributed by atoms with Crippen LogP contribution in [0.3, 0.4) is 0 Å². The Morgan fingerprint density at radius 3 is 2.09 bits per heavy atom. The molecule has 2 amide bonds. The van der Waals surface area contributed by atoms with Crippen molar-refractivity contribution in [3.63, 3.8) is 0 Å². The molecule has 2 aliphatic heterocycles. The van der Waals surface area contributed by atoms with Gasteiger partial charge in [-0.25, -0.2) is 14.6 Å². The lowest BCUT2D eigenvalue weighted by Crippen LogP contribution is -2.75. The number of carbonyl (C=O) groups excluding carboxylic acids is 3. The van der Waals surface area contributed by atoms with Crippen molar-refractivity contribution >= 4 is 35.1 Å². The number of aliphatic hydroxyl groups is 1. The largest absolute Gasteiger partial charge is 0.519 e. The zero-order chi connectivity index (χ0) is 30.2. The summed E-state index contributed by atoms with van der Waals surface area (Å²) in [6.45, 7) is -0.552. The van der Waals surface area contributed by atoms with E-state index < -0.39 is 35.8 Å². The summed E-state index contributed by atoms with van der Waals surface area (Å²) in [5.74, 6) is -2.07. The van der Waals surface area contributed by atoms with Gasteiger partial charge in [0, 0.05) is 11.1 Å². The number of ether oxygens (including phenoxy) is 1. The van der Waals surface area contributed by atoms with Gasteiger partial charge >= 0.3 is 23.4 Å². The Kier molecular flexibility index (Phi) is 5.67. The van der Waals surface area contributed by atoms with Crippen LogP contribution in [0.2, 0.25) is 0 Å². The van der Waals surface area contributed by atoms with Crippen molar-refractivity contribution in [2.75, 3.05) is 6.54 Å². The number of hydrogen-bond donors (Lipinski definition) is 3. The lowest BCUT2D eigenvalue weighted by Gasteiger charge is -2.22. The molecule has 0 radical (unpaired) electrons. The van der Waals surface area contributed by atoms with Crippen LogP contribution >= 0.6 is 0 Å². The molecule has 43 heavy (non-hydrogen) atoms. The second kappa shape index (κ2) is 9.35. The molecule has 7 rings (SSSR count). The van der Waals surface area contributed by atoms with Crippen LogP contribution in [0, 0.1) is 0 Å². The van der Waals surface area contributed by atoms with E-state index >= 15 is 0 Å². The third-order valence-electron chi connectivity index (χ3n) is 8.13. The maximum Gasteiger partial charge on any atom is 0.519 e. The van der Waals surface area contributed by atoms with E-state index in [1.807, 2.05) is 18.2 Å². The third-order valence-corrected chi connectivity index (χ3v) is 8.13. The summed E-state index contributed by atoms with van der Waals surface area (Å²) >= 11 is 0. The third kappa shape index (κ3) is 3.74. The number of fused-ring (bicyclic) bond motifs is 5. The number of carbonyl (C=O) groups is 3. The Morgan fingerprint density at radius 2 is 1.47 bits per heavy atom. The van der Waals surface area contributed by atoms with Gasteiger partial charge < -0.3 is 14.9 Å². The number of nitrogens with one attached hydrogen (secondary N) is 1. The van der Waals surface area contributed by atoms with Crippen molar-refractivity contribution in [3.05, 3.63) is 122 Å². The van der Waals surface area contributed by atoms with Gasteiger partial charge in [0.15, 0.2) is 11.3 Å². The molecule has 0 fully saturated rings. The molecule has 1 aliphatic carbocycles. The van der Waals surface area contributed by atoms with E-state index in [2.05, 4.69) is 4.99 Å². The molecule has 4 aromatic rings. The molecule has 3 heterocycles. The van der Waals surface area contributed by atoms with E-state index in [0.717, 1.165) is 15.0 Å². The lowest BCUT2D eigenvalue weighted by atomic mass is 9.81. The number of amides is 2. The van der Waals surface area contributed by atoms with Crippen LogP contribution in [-0.2, 0) is 18.9 Å². The van der Waals surface area contributed by atoms with Crippen LogP contribution in [0.4, 0.5) is 5.82 Å². The summed E-state index contributed by atoms with van der Waals surface area (Å²) in [5, 5.41) is 22.0. The molecule has 0 bridgehead atoms. The first kappa shape index (κ1) is 26.1. The Bertz CT molecular complexity index is 2020. The fraction of sp³-hybridized carbons (Fsp3) is 0.125. The highest BCUT2D eigenvalue weighted by atomic mass is 16.5. The van der Waals surface area contributed by atoms with Crippen molar-refractivity contribution < 1.29 is 38.9 Å². The monoisotopic (exact) mass is 576 g/mol. The number of hydrogen-bond acceptors (Lipinski definition) is 7. The van der Waals surface area contributed by atoms with Crippen LogP contribution in [0.1, 0.15) is 48.9 Å². The quantitative estimate of drug-likeness (QED) is 0.141. The van der Waals surface area contributed by atoms with E-state index in [4.69, 9.17) is 4.74 Å². The fourth-order valence-electron chi connectivity index (χ4n) is 6.02. The first-order valence-corrected chi connectivity index (χ1v) is 13.4. The highest BCUT2D eigenvalue weighted by Gasteiger charge is 2.47. The molecule has 1 aromatic heterocycles. The Labute approximate surface area is 243 Å². The molecule has 11 heteroatoms. The maximum absolute atomic E-state index is 13.6. The highest BCUT2D eigenvalue weighted by molar-refractivity contribution is 6.22. The standard InChI is InChI=1S/C32H22N4O7/c1-34-28-25(31(41)35(2)32(34)42)23(24-26(33-28)18-7-3-4-8-19(18)27(24)38)16-11-13-17(14-12-16)43-22(37)15-36-29(39)20-9-5-6-10-21(20)30(36)40/h3-14,23H,15H2,1-2H3,(H,33,38,41)/p+2. The fourth-order valence-corrected chi connectivity index (χ4v) is 6.02. The molecule has 1 atom stereocenters. The predicted octanol–water partition coefficient (Wildman–Crippen LogP) is 0.747. The molecule has 0 saturated carbocycles. The lowest BCUT2D eigenvalue weighted by molar-refractivity contribution is -0.723. The number of esters is 1. The van der Waals surface area contributed by atoms with Gasteiger partial charge in [-0.2, -0.15) is 0 Å². The molecule has 3 N–H and O–H groups in total. The molecule has 212 valence electrons. The number of imide groups is 1. The normalized spacial score (nSPS) is 16.5. The molecule has 0 spiro atoms. The first-order chi connectivity index (χ1) is 20.7. The van der Waals surface area contributed by atoms with E-state index in [9.17, 15) is 29.4 Å². The van der Waals surface area contributed by atoms with Gasteiger partial charge in [0.05, 0.1) is 22.6 Å². The average molecular weight is 577 g/mol. The van der Waals surface area contributed by atoms with Crippen molar-refractivity contribution in [3.8, 4) is 11.8 Å². The highest BCUT2D eigenvalue weighted by Crippen LogP contribution is 2.43. The Balaban J connectivity index is 1.23. The Morgan fingerprint density at radius 1 is 0.884 bits per heavy atom. The molecular weight excluding hydrogens is 552 g/mol. The molecule has 1 unspecified atom stereocenters. The number of aromatic hydroxyl groups is 1. The SMILES string of the molecule is Cn1c(O)[n+](C)c2c(c1=O)C(c1ccc(OC(=O)CN3C(=O)c4ccccc4C3=O)cc1)C1=C(O)c3ccccc3C1=[NH+]2.